The molecule has 0 unspecified atom stereocenters. The van der Waals surface area contributed by atoms with Gasteiger partial charge in [0.1, 0.15) is 11.5 Å². The molecule has 0 N–H and O–H groups in total. The van der Waals surface area contributed by atoms with Crippen LogP contribution in [-0.4, -0.2) is 11.6 Å². The third kappa shape index (κ3) is 5.61. The van der Waals surface area contributed by atoms with Gasteiger partial charge < -0.3 is 9.47 Å². The van der Waals surface area contributed by atoms with Crippen molar-refractivity contribution in [3.8, 4) is 11.5 Å². The quantitative estimate of drug-likeness (QED) is 0.682. The first-order valence-corrected chi connectivity index (χ1v) is 7.87. The minimum Gasteiger partial charge on any atom is -0.463 e. The van der Waals surface area contributed by atoms with Crippen molar-refractivity contribution >= 4 is 0 Å². The maximum Gasteiger partial charge on any atom is 0.208 e. The van der Waals surface area contributed by atoms with Gasteiger partial charge in [-0.2, -0.15) is 0 Å². The normalized spacial score (nSPS) is 12.1. The summed E-state index contributed by atoms with van der Waals surface area (Å²) in [5.74, 6) is -0.0786. The minimum atomic E-state index is -0.818. The first-order chi connectivity index (χ1) is 10.7. The molecule has 0 fully saturated rings. The SMILES string of the molecule is Cc1cccc(OC(C)(C)OC(C)(C)Oc2cccc(C)c2)c1. The molecule has 0 amide bonds. The summed E-state index contributed by atoms with van der Waals surface area (Å²) in [5, 5.41) is 0. The molecule has 0 bridgehead atoms. The van der Waals surface area contributed by atoms with Crippen LogP contribution in [0.2, 0.25) is 0 Å². The highest BCUT2D eigenvalue weighted by atomic mass is 16.8. The van der Waals surface area contributed by atoms with E-state index in [1.165, 1.54) is 0 Å². The van der Waals surface area contributed by atoms with Crippen LogP contribution in [-0.2, 0) is 4.74 Å². The molecule has 0 aliphatic heterocycles. The minimum absolute atomic E-state index is 0.779. The van der Waals surface area contributed by atoms with Crippen LogP contribution >= 0.6 is 0 Å². The molecule has 0 aromatic heterocycles. The monoisotopic (exact) mass is 314 g/mol. The van der Waals surface area contributed by atoms with Crippen molar-refractivity contribution in [2.45, 2.75) is 53.1 Å². The molecule has 0 radical (unpaired) electrons. The fraction of sp³-hybridized carbons (Fsp3) is 0.400. The van der Waals surface area contributed by atoms with E-state index in [0.29, 0.717) is 0 Å². The Bertz CT molecular complexity index is 602. The first kappa shape index (κ1) is 17.4. The molecule has 0 aliphatic rings. The average molecular weight is 314 g/mol. The second-order valence-corrected chi connectivity index (χ2v) is 6.74. The van der Waals surface area contributed by atoms with E-state index in [1.807, 2.05) is 90.1 Å². The van der Waals surface area contributed by atoms with Crippen LogP contribution in [0.5, 0.6) is 11.5 Å². The summed E-state index contributed by atoms with van der Waals surface area (Å²) >= 11 is 0. The smallest absolute Gasteiger partial charge is 0.208 e. The summed E-state index contributed by atoms with van der Waals surface area (Å²) in [6.45, 7) is 11.6. The Morgan fingerprint density at radius 3 is 1.39 bits per heavy atom. The van der Waals surface area contributed by atoms with Gasteiger partial charge in [0.2, 0.25) is 11.6 Å². The summed E-state index contributed by atoms with van der Waals surface area (Å²) in [6, 6.07) is 15.8. The molecule has 124 valence electrons. The Labute approximate surface area is 139 Å². The van der Waals surface area contributed by atoms with Gasteiger partial charge in [-0.3, -0.25) is 4.74 Å². The third-order valence-corrected chi connectivity index (χ3v) is 3.20. The Balaban J connectivity index is 2.05. The standard InChI is InChI=1S/C20H26O3/c1-15-9-7-11-17(13-15)21-19(3,4)23-20(5,6)22-18-12-8-10-16(2)14-18/h7-14H,1-6H3. The molecule has 0 spiro atoms. The number of aryl methyl sites for hydroxylation is 2. The second kappa shape index (κ2) is 6.63. The third-order valence-electron chi connectivity index (χ3n) is 3.20. The van der Waals surface area contributed by atoms with Crippen LogP contribution in [0, 0.1) is 13.8 Å². The van der Waals surface area contributed by atoms with Gasteiger partial charge in [-0.1, -0.05) is 24.3 Å². The number of benzene rings is 2. The van der Waals surface area contributed by atoms with E-state index >= 15 is 0 Å². The van der Waals surface area contributed by atoms with Crippen LogP contribution in [0.4, 0.5) is 0 Å². The van der Waals surface area contributed by atoms with E-state index in [2.05, 4.69) is 0 Å². The molecule has 0 saturated carbocycles. The predicted molar refractivity (Wildman–Crippen MR) is 92.9 cm³/mol. The van der Waals surface area contributed by atoms with Gasteiger partial charge in [0.05, 0.1) is 0 Å². The lowest BCUT2D eigenvalue weighted by Gasteiger charge is -2.36. The Morgan fingerprint density at radius 2 is 1.04 bits per heavy atom. The van der Waals surface area contributed by atoms with Crippen LogP contribution in [0.15, 0.2) is 48.5 Å². The molecule has 23 heavy (non-hydrogen) atoms. The largest absolute Gasteiger partial charge is 0.463 e. The van der Waals surface area contributed by atoms with Crippen molar-refractivity contribution in [2.75, 3.05) is 0 Å². The number of hydrogen-bond donors (Lipinski definition) is 0. The van der Waals surface area contributed by atoms with E-state index < -0.39 is 11.6 Å². The molecular weight excluding hydrogens is 288 g/mol. The maximum absolute atomic E-state index is 6.07. The highest BCUT2D eigenvalue weighted by molar-refractivity contribution is 5.28. The van der Waals surface area contributed by atoms with Crippen LogP contribution in [0.3, 0.4) is 0 Å². The topological polar surface area (TPSA) is 27.7 Å². The van der Waals surface area contributed by atoms with Gasteiger partial charge in [0.25, 0.3) is 0 Å². The van der Waals surface area contributed by atoms with Gasteiger partial charge >= 0.3 is 0 Å². The van der Waals surface area contributed by atoms with Crippen molar-refractivity contribution in [1.29, 1.82) is 0 Å². The molecule has 0 heterocycles. The zero-order chi connectivity index (χ0) is 17.1. The number of ether oxygens (including phenoxy) is 3. The molecule has 2 rings (SSSR count). The molecule has 0 atom stereocenters. The molecule has 3 nitrogen and oxygen atoms in total. The summed E-state index contributed by atoms with van der Waals surface area (Å²) in [7, 11) is 0. The highest BCUT2D eigenvalue weighted by Crippen LogP contribution is 2.27. The van der Waals surface area contributed by atoms with E-state index in [4.69, 9.17) is 14.2 Å². The molecular formula is C20H26O3. The fourth-order valence-corrected chi connectivity index (χ4v) is 2.56. The molecule has 2 aromatic carbocycles. The Hall–Kier alpha value is -2.00. The van der Waals surface area contributed by atoms with Crippen molar-refractivity contribution in [3.63, 3.8) is 0 Å². The highest BCUT2D eigenvalue weighted by Gasteiger charge is 2.32. The van der Waals surface area contributed by atoms with Crippen LogP contribution in [0.1, 0.15) is 38.8 Å². The van der Waals surface area contributed by atoms with Gasteiger partial charge in [-0.25, -0.2) is 0 Å². The lowest BCUT2D eigenvalue weighted by Crippen LogP contribution is -2.44. The zero-order valence-corrected chi connectivity index (χ0v) is 14.8. The van der Waals surface area contributed by atoms with Gasteiger partial charge in [0.15, 0.2) is 0 Å². The van der Waals surface area contributed by atoms with Crippen molar-refractivity contribution in [1.82, 2.24) is 0 Å². The first-order valence-electron chi connectivity index (χ1n) is 7.87. The predicted octanol–water partition coefficient (Wildman–Crippen LogP) is 5.25. The van der Waals surface area contributed by atoms with Crippen LogP contribution < -0.4 is 9.47 Å². The maximum atomic E-state index is 6.07. The zero-order valence-electron chi connectivity index (χ0n) is 14.8. The molecule has 0 saturated heterocycles. The van der Waals surface area contributed by atoms with Gasteiger partial charge in [0, 0.05) is 27.7 Å². The average Bonchev–Trinajstić information content (AvgIpc) is 2.35. The van der Waals surface area contributed by atoms with E-state index in [9.17, 15) is 0 Å². The lowest BCUT2D eigenvalue weighted by atomic mass is 10.2. The Kier molecular flexibility index (Phi) is 5.00. The van der Waals surface area contributed by atoms with Gasteiger partial charge in [-0.15, -0.1) is 0 Å². The summed E-state index contributed by atoms with van der Waals surface area (Å²) in [4.78, 5) is 0. The Morgan fingerprint density at radius 1 is 0.652 bits per heavy atom. The van der Waals surface area contributed by atoms with E-state index in [1.54, 1.807) is 0 Å². The van der Waals surface area contributed by atoms with Crippen LogP contribution in [0.25, 0.3) is 0 Å². The van der Waals surface area contributed by atoms with Crippen molar-refractivity contribution in [2.24, 2.45) is 0 Å². The summed E-state index contributed by atoms with van der Waals surface area (Å²) in [5.41, 5.74) is 2.29. The number of rotatable bonds is 6. The van der Waals surface area contributed by atoms with E-state index in [-0.39, 0.29) is 0 Å². The number of hydrogen-bond acceptors (Lipinski definition) is 3. The van der Waals surface area contributed by atoms with Gasteiger partial charge in [-0.05, 0) is 49.2 Å². The molecule has 0 aliphatic carbocycles. The lowest BCUT2D eigenvalue weighted by molar-refractivity contribution is -0.281. The molecule has 2 aromatic rings. The van der Waals surface area contributed by atoms with Crippen molar-refractivity contribution in [3.05, 3.63) is 59.7 Å². The van der Waals surface area contributed by atoms with Crippen molar-refractivity contribution < 1.29 is 14.2 Å². The fourth-order valence-electron chi connectivity index (χ4n) is 2.56. The summed E-state index contributed by atoms with van der Waals surface area (Å²) in [6.07, 6.45) is 0. The van der Waals surface area contributed by atoms with E-state index in [0.717, 1.165) is 22.6 Å². The molecule has 3 heteroatoms. The second-order valence-electron chi connectivity index (χ2n) is 6.74. The summed E-state index contributed by atoms with van der Waals surface area (Å²) < 4.78 is 18.0.